The second-order valence-corrected chi connectivity index (χ2v) is 6.58. The third-order valence-electron chi connectivity index (χ3n) is 3.23. The van der Waals surface area contributed by atoms with Crippen molar-refractivity contribution in [2.45, 2.75) is 66.0 Å². The van der Waals surface area contributed by atoms with Gasteiger partial charge in [-0.05, 0) is 30.7 Å². The van der Waals surface area contributed by atoms with E-state index in [-0.39, 0.29) is 0 Å². The maximum atomic E-state index is 3.79. The first-order valence-corrected chi connectivity index (χ1v) is 7.23. The van der Waals surface area contributed by atoms with Gasteiger partial charge in [-0.15, -0.1) is 0 Å². The predicted octanol–water partition coefficient (Wildman–Crippen LogP) is 4.94. The Kier molecular flexibility index (Phi) is 5.87. The molecule has 1 heteroatoms. The first-order valence-electron chi connectivity index (χ1n) is 7.23. The first kappa shape index (κ1) is 15.2. The van der Waals surface area contributed by atoms with Crippen LogP contribution in [0.25, 0.3) is 0 Å². The molecule has 1 aromatic rings. The molecule has 0 bridgehead atoms. The van der Waals surface area contributed by atoms with E-state index in [9.17, 15) is 0 Å². The summed E-state index contributed by atoms with van der Waals surface area (Å²) >= 11 is 0. The molecule has 0 aliphatic carbocycles. The van der Waals surface area contributed by atoms with E-state index in [4.69, 9.17) is 0 Å². The average molecular weight is 247 g/mol. The van der Waals surface area contributed by atoms with Gasteiger partial charge in [0.15, 0.2) is 0 Å². The summed E-state index contributed by atoms with van der Waals surface area (Å²) < 4.78 is 0. The fraction of sp³-hybridized carbons (Fsp3) is 0.647. The standard InChI is InChI=1S/C17H29N/c1-6-10-14(2)18-16(13-17(3,4)5)15-11-8-7-9-12-15/h7-9,11-12,14,16,18H,6,10,13H2,1-5H3. The molecular weight excluding hydrogens is 218 g/mol. The van der Waals surface area contributed by atoms with E-state index in [1.807, 2.05) is 0 Å². The Morgan fingerprint density at radius 1 is 1.11 bits per heavy atom. The average Bonchev–Trinajstić information content (AvgIpc) is 2.28. The lowest BCUT2D eigenvalue weighted by Crippen LogP contribution is -2.32. The first-order chi connectivity index (χ1) is 8.42. The molecule has 0 aliphatic heterocycles. The minimum absolute atomic E-state index is 0.347. The van der Waals surface area contributed by atoms with Crippen LogP contribution in [-0.4, -0.2) is 6.04 Å². The molecule has 2 atom stereocenters. The van der Waals surface area contributed by atoms with Gasteiger partial charge in [-0.25, -0.2) is 0 Å². The van der Waals surface area contributed by atoms with Crippen LogP contribution in [0, 0.1) is 5.41 Å². The van der Waals surface area contributed by atoms with Crippen molar-refractivity contribution in [1.82, 2.24) is 5.32 Å². The van der Waals surface area contributed by atoms with E-state index >= 15 is 0 Å². The lowest BCUT2D eigenvalue weighted by atomic mass is 9.85. The number of hydrogen-bond acceptors (Lipinski definition) is 1. The third-order valence-corrected chi connectivity index (χ3v) is 3.23. The molecule has 2 unspecified atom stereocenters. The van der Waals surface area contributed by atoms with E-state index in [0.29, 0.717) is 17.5 Å². The molecule has 0 aliphatic rings. The fourth-order valence-corrected chi connectivity index (χ4v) is 2.43. The second kappa shape index (κ2) is 6.94. The zero-order chi connectivity index (χ0) is 13.6. The smallest absolute Gasteiger partial charge is 0.0327 e. The maximum absolute atomic E-state index is 3.79. The van der Waals surface area contributed by atoms with Crippen LogP contribution in [0.4, 0.5) is 0 Å². The van der Waals surface area contributed by atoms with Crippen molar-refractivity contribution in [2.24, 2.45) is 5.41 Å². The molecular formula is C17H29N. The topological polar surface area (TPSA) is 12.0 Å². The highest BCUT2D eigenvalue weighted by molar-refractivity contribution is 5.19. The van der Waals surface area contributed by atoms with E-state index in [0.717, 1.165) is 0 Å². The van der Waals surface area contributed by atoms with Gasteiger partial charge in [0.2, 0.25) is 0 Å². The molecule has 0 spiro atoms. The van der Waals surface area contributed by atoms with Crippen molar-refractivity contribution in [3.63, 3.8) is 0 Å². The van der Waals surface area contributed by atoms with E-state index in [1.165, 1.54) is 24.8 Å². The van der Waals surface area contributed by atoms with Crippen LogP contribution in [0.15, 0.2) is 30.3 Å². The normalized spacial score (nSPS) is 15.4. The highest BCUT2D eigenvalue weighted by Crippen LogP contribution is 2.29. The van der Waals surface area contributed by atoms with Crippen LogP contribution in [0.5, 0.6) is 0 Å². The largest absolute Gasteiger partial charge is 0.307 e. The molecule has 1 aromatic carbocycles. The van der Waals surface area contributed by atoms with Crippen LogP contribution in [0.3, 0.4) is 0 Å². The van der Waals surface area contributed by atoms with Gasteiger partial charge in [-0.2, -0.15) is 0 Å². The number of rotatable bonds is 6. The molecule has 0 saturated heterocycles. The molecule has 1 nitrogen and oxygen atoms in total. The number of hydrogen-bond donors (Lipinski definition) is 1. The molecule has 1 N–H and O–H groups in total. The Morgan fingerprint density at radius 2 is 1.72 bits per heavy atom. The quantitative estimate of drug-likeness (QED) is 0.750. The SMILES string of the molecule is CCCC(C)NC(CC(C)(C)C)c1ccccc1. The molecule has 0 aromatic heterocycles. The zero-order valence-corrected chi connectivity index (χ0v) is 12.7. The van der Waals surface area contributed by atoms with Crippen molar-refractivity contribution in [1.29, 1.82) is 0 Å². The summed E-state index contributed by atoms with van der Waals surface area (Å²) in [6.07, 6.45) is 3.66. The third kappa shape index (κ3) is 5.68. The lowest BCUT2D eigenvalue weighted by Gasteiger charge is -2.30. The van der Waals surface area contributed by atoms with Gasteiger partial charge in [0.05, 0.1) is 0 Å². The lowest BCUT2D eigenvalue weighted by molar-refractivity contribution is 0.292. The van der Waals surface area contributed by atoms with Crippen LogP contribution in [0.2, 0.25) is 0 Å². The molecule has 102 valence electrons. The minimum Gasteiger partial charge on any atom is -0.307 e. The van der Waals surface area contributed by atoms with Gasteiger partial charge in [-0.1, -0.05) is 64.4 Å². The summed E-state index contributed by atoms with van der Waals surface area (Å²) in [5.74, 6) is 0. The molecule has 0 fully saturated rings. The van der Waals surface area contributed by atoms with E-state index in [2.05, 4.69) is 70.3 Å². The summed E-state index contributed by atoms with van der Waals surface area (Å²) in [5.41, 5.74) is 1.76. The van der Waals surface area contributed by atoms with Gasteiger partial charge in [-0.3, -0.25) is 0 Å². The summed E-state index contributed by atoms with van der Waals surface area (Å²) in [6.45, 7) is 11.5. The number of nitrogens with one attached hydrogen (secondary N) is 1. The molecule has 0 amide bonds. The van der Waals surface area contributed by atoms with Crippen molar-refractivity contribution < 1.29 is 0 Å². The van der Waals surface area contributed by atoms with Crippen molar-refractivity contribution >= 4 is 0 Å². The summed E-state index contributed by atoms with van der Waals surface area (Å²) in [7, 11) is 0. The van der Waals surface area contributed by atoms with Gasteiger partial charge in [0.1, 0.15) is 0 Å². The Hall–Kier alpha value is -0.820. The highest BCUT2D eigenvalue weighted by Gasteiger charge is 2.21. The molecule has 0 saturated carbocycles. The second-order valence-electron chi connectivity index (χ2n) is 6.58. The van der Waals surface area contributed by atoms with Crippen LogP contribution >= 0.6 is 0 Å². The highest BCUT2D eigenvalue weighted by atomic mass is 14.9. The van der Waals surface area contributed by atoms with E-state index < -0.39 is 0 Å². The van der Waals surface area contributed by atoms with Gasteiger partial charge in [0, 0.05) is 12.1 Å². The Morgan fingerprint density at radius 3 is 2.22 bits per heavy atom. The summed E-state index contributed by atoms with van der Waals surface area (Å²) in [6, 6.07) is 11.9. The predicted molar refractivity (Wildman–Crippen MR) is 80.8 cm³/mol. The van der Waals surface area contributed by atoms with Crippen LogP contribution < -0.4 is 5.32 Å². The molecule has 0 heterocycles. The monoisotopic (exact) mass is 247 g/mol. The van der Waals surface area contributed by atoms with Gasteiger partial charge < -0.3 is 5.32 Å². The van der Waals surface area contributed by atoms with Crippen molar-refractivity contribution in [2.75, 3.05) is 0 Å². The van der Waals surface area contributed by atoms with Gasteiger partial charge >= 0.3 is 0 Å². The van der Waals surface area contributed by atoms with Crippen LogP contribution in [0.1, 0.15) is 65.5 Å². The molecule has 18 heavy (non-hydrogen) atoms. The van der Waals surface area contributed by atoms with Gasteiger partial charge in [0.25, 0.3) is 0 Å². The van der Waals surface area contributed by atoms with Crippen LogP contribution in [-0.2, 0) is 0 Å². The Labute approximate surface area is 113 Å². The van der Waals surface area contributed by atoms with E-state index in [1.54, 1.807) is 0 Å². The number of benzene rings is 1. The Bertz CT molecular complexity index is 323. The van der Waals surface area contributed by atoms with Crippen molar-refractivity contribution in [3.05, 3.63) is 35.9 Å². The minimum atomic E-state index is 0.347. The molecule has 1 rings (SSSR count). The molecule has 0 radical (unpaired) electrons. The van der Waals surface area contributed by atoms with Crippen molar-refractivity contribution in [3.8, 4) is 0 Å². The summed E-state index contributed by atoms with van der Waals surface area (Å²) in [5, 5.41) is 3.79. The zero-order valence-electron chi connectivity index (χ0n) is 12.7. The Balaban J connectivity index is 2.76. The maximum Gasteiger partial charge on any atom is 0.0327 e. The summed E-state index contributed by atoms with van der Waals surface area (Å²) in [4.78, 5) is 0. The fourth-order valence-electron chi connectivity index (χ4n) is 2.43.